The summed E-state index contributed by atoms with van der Waals surface area (Å²) in [5.41, 5.74) is 0.997. The van der Waals surface area contributed by atoms with Gasteiger partial charge in [-0.2, -0.15) is 0 Å². The molecule has 1 unspecified atom stereocenters. The maximum atomic E-state index is 5.44. The topological polar surface area (TPSA) is 54.9 Å². The van der Waals surface area contributed by atoms with Crippen LogP contribution in [0.25, 0.3) is 0 Å². The van der Waals surface area contributed by atoms with Gasteiger partial charge < -0.3 is 20.1 Å². The van der Waals surface area contributed by atoms with E-state index in [1.54, 1.807) is 14.2 Å². The van der Waals surface area contributed by atoms with Crippen LogP contribution in [0.4, 0.5) is 0 Å². The first kappa shape index (κ1) is 21.8. The molecule has 0 amide bonds. The molecule has 1 aromatic rings. The Hall–Kier alpha value is -1.18. The summed E-state index contributed by atoms with van der Waals surface area (Å²) < 4.78 is 10.8. The highest BCUT2D eigenvalue weighted by molar-refractivity contribution is 14.0. The van der Waals surface area contributed by atoms with Gasteiger partial charge >= 0.3 is 0 Å². The smallest absolute Gasteiger partial charge is 0.191 e. The van der Waals surface area contributed by atoms with E-state index in [-0.39, 0.29) is 24.0 Å². The van der Waals surface area contributed by atoms with Gasteiger partial charge in [0, 0.05) is 18.2 Å². The number of aliphatic imine (C=N–C) groups is 1. The van der Waals surface area contributed by atoms with E-state index >= 15 is 0 Å². The molecular formula is C17H30IN3O2. The number of rotatable bonds is 7. The second kappa shape index (κ2) is 11.4. The van der Waals surface area contributed by atoms with Crippen LogP contribution >= 0.6 is 24.0 Å². The Kier molecular flexibility index (Phi) is 10.8. The van der Waals surface area contributed by atoms with Crippen molar-refractivity contribution in [2.24, 2.45) is 10.9 Å². The van der Waals surface area contributed by atoms with Gasteiger partial charge in [-0.25, -0.2) is 4.99 Å². The molecule has 5 nitrogen and oxygen atoms in total. The minimum absolute atomic E-state index is 0. The van der Waals surface area contributed by atoms with Gasteiger partial charge in [-0.05, 0) is 25.8 Å². The molecule has 0 radical (unpaired) electrons. The van der Waals surface area contributed by atoms with E-state index in [0.717, 1.165) is 29.6 Å². The summed E-state index contributed by atoms with van der Waals surface area (Å²) >= 11 is 0. The Balaban J connectivity index is 0.00000484. The highest BCUT2D eigenvalue weighted by atomic mass is 127. The number of guanidine groups is 1. The molecular weight excluding hydrogens is 405 g/mol. The molecule has 0 bridgehead atoms. The van der Waals surface area contributed by atoms with Crippen molar-refractivity contribution < 1.29 is 9.47 Å². The number of nitrogens with one attached hydrogen (secondary N) is 2. The maximum absolute atomic E-state index is 5.44. The monoisotopic (exact) mass is 435 g/mol. The highest BCUT2D eigenvalue weighted by Crippen LogP contribution is 2.30. The van der Waals surface area contributed by atoms with Gasteiger partial charge in [0.05, 0.1) is 20.8 Å². The number of methoxy groups -OCH3 is 2. The van der Waals surface area contributed by atoms with Crippen molar-refractivity contribution in [2.75, 3.05) is 20.8 Å². The van der Waals surface area contributed by atoms with Crippen LogP contribution in [0.3, 0.4) is 0 Å². The number of nitrogens with zero attached hydrogens (tertiary/aromatic N) is 1. The maximum Gasteiger partial charge on any atom is 0.191 e. The van der Waals surface area contributed by atoms with Crippen molar-refractivity contribution in [3.8, 4) is 11.5 Å². The molecule has 0 fully saturated rings. The zero-order valence-corrected chi connectivity index (χ0v) is 17.3. The molecule has 0 spiro atoms. The molecule has 0 saturated carbocycles. The normalized spacial score (nSPS) is 12.4. The number of halogens is 1. The van der Waals surface area contributed by atoms with Gasteiger partial charge in [-0.15, -0.1) is 24.0 Å². The van der Waals surface area contributed by atoms with E-state index in [1.165, 1.54) is 0 Å². The van der Waals surface area contributed by atoms with Crippen LogP contribution in [0, 0.1) is 5.92 Å². The Morgan fingerprint density at radius 1 is 1.17 bits per heavy atom. The lowest BCUT2D eigenvalue weighted by molar-refractivity contribution is 0.352. The van der Waals surface area contributed by atoms with Crippen molar-refractivity contribution >= 4 is 29.9 Å². The number of ether oxygens (including phenoxy) is 2. The van der Waals surface area contributed by atoms with Gasteiger partial charge in [0.15, 0.2) is 17.5 Å². The van der Waals surface area contributed by atoms with Crippen molar-refractivity contribution in [2.45, 2.75) is 40.3 Å². The summed E-state index contributed by atoms with van der Waals surface area (Å²) in [6, 6.07) is 6.19. The highest BCUT2D eigenvalue weighted by Gasteiger charge is 2.11. The van der Waals surface area contributed by atoms with Crippen LogP contribution in [0.5, 0.6) is 11.5 Å². The second-order valence-electron chi connectivity index (χ2n) is 5.52. The molecule has 0 aliphatic carbocycles. The minimum Gasteiger partial charge on any atom is -0.493 e. The fourth-order valence-corrected chi connectivity index (χ4v) is 1.94. The van der Waals surface area contributed by atoms with Crippen LogP contribution in [-0.4, -0.2) is 32.8 Å². The van der Waals surface area contributed by atoms with Gasteiger partial charge in [0.1, 0.15) is 0 Å². The van der Waals surface area contributed by atoms with Crippen LogP contribution in [0.1, 0.15) is 33.3 Å². The van der Waals surface area contributed by atoms with Crippen molar-refractivity contribution in [1.82, 2.24) is 10.6 Å². The van der Waals surface area contributed by atoms with Crippen LogP contribution in [-0.2, 0) is 6.54 Å². The standard InChI is InChI=1S/C17H29N3O2.HI/c1-7-18-17(20-13(4)12(2)3)19-11-14-9-8-10-15(21-5)16(14)22-6;/h8-10,12-13H,7,11H2,1-6H3,(H2,18,19,20);1H. The molecule has 0 saturated heterocycles. The lowest BCUT2D eigenvalue weighted by Gasteiger charge is -2.21. The summed E-state index contributed by atoms with van der Waals surface area (Å²) in [5, 5.41) is 6.69. The third-order valence-electron chi connectivity index (χ3n) is 3.60. The van der Waals surface area contributed by atoms with Crippen LogP contribution in [0.15, 0.2) is 23.2 Å². The average molecular weight is 435 g/mol. The molecule has 1 atom stereocenters. The lowest BCUT2D eigenvalue weighted by atomic mass is 10.1. The predicted molar refractivity (Wildman–Crippen MR) is 107 cm³/mol. The molecule has 132 valence electrons. The number of hydrogen-bond acceptors (Lipinski definition) is 3. The van der Waals surface area contributed by atoms with Gasteiger partial charge in [-0.1, -0.05) is 26.0 Å². The van der Waals surface area contributed by atoms with Crippen molar-refractivity contribution in [1.29, 1.82) is 0 Å². The van der Waals surface area contributed by atoms with Crippen LogP contribution < -0.4 is 20.1 Å². The Morgan fingerprint density at radius 2 is 1.87 bits per heavy atom. The third-order valence-corrected chi connectivity index (χ3v) is 3.60. The average Bonchev–Trinajstić information content (AvgIpc) is 2.51. The molecule has 0 heterocycles. The van der Waals surface area contributed by atoms with E-state index in [9.17, 15) is 0 Å². The second-order valence-corrected chi connectivity index (χ2v) is 5.52. The molecule has 23 heavy (non-hydrogen) atoms. The number of para-hydroxylation sites is 1. The minimum atomic E-state index is 0. The number of hydrogen-bond donors (Lipinski definition) is 2. The molecule has 2 N–H and O–H groups in total. The van der Waals surface area contributed by atoms with E-state index < -0.39 is 0 Å². The van der Waals surface area contributed by atoms with Gasteiger partial charge in [0.2, 0.25) is 0 Å². The van der Waals surface area contributed by atoms with Gasteiger partial charge in [-0.3, -0.25) is 0 Å². The molecule has 6 heteroatoms. The first-order chi connectivity index (χ1) is 10.5. The largest absolute Gasteiger partial charge is 0.493 e. The summed E-state index contributed by atoms with van der Waals surface area (Å²) in [7, 11) is 3.29. The summed E-state index contributed by atoms with van der Waals surface area (Å²) in [4.78, 5) is 4.65. The summed E-state index contributed by atoms with van der Waals surface area (Å²) in [6.45, 7) is 9.94. The fourth-order valence-electron chi connectivity index (χ4n) is 1.94. The molecule has 1 rings (SSSR count). The first-order valence-electron chi connectivity index (χ1n) is 7.78. The first-order valence-corrected chi connectivity index (χ1v) is 7.78. The third kappa shape index (κ3) is 6.85. The van der Waals surface area contributed by atoms with Crippen molar-refractivity contribution in [3.05, 3.63) is 23.8 Å². The number of benzene rings is 1. The Labute approximate surface area is 157 Å². The SMILES string of the molecule is CCNC(=NCc1cccc(OC)c1OC)NC(C)C(C)C.I. The molecule has 0 aromatic heterocycles. The molecule has 0 aliphatic heterocycles. The lowest BCUT2D eigenvalue weighted by Crippen LogP contribution is -2.44. The Bertz CT molecular complexity index is 493. The van der Waals surface area contributed by atoms with E-state index in [0.29, 0.717) is 18.5 Å². The zero-order valence-electron chi connectivity index (χ0n) is 15.0. The van der Waals surface area contributed by atoms with Crippen molar-refractivity contribution in [3.63, 3.8) is 0 Å². The predicted octanol–water partition coefficient (Wildman–Crippen LogP) is 3.42. The quantitative estimate of drug-likeness (QED) is 0.392. The van der Waals surface area contributed by atoms with E-state index in [1.807, 2.05) is 18.2 Å². The van der Waals surface area contributed by atoms with Gasteiger partial charge in [0.25, 0.3) is 0 Å². The zero-order chi connectivity index (χ0) is 16.5. The summed E-state index contributed by atoms with van der Waals surface area (Å²) in [5.74, 6) is 2.81. The van der Waals surface area contributed by atoms with Crippen LogP contribution in [0.2, 0.25) is 0 Å². The fraction of sp³-hybridized carbons (Fsp3) is 0.588. The molecule has 0 aliphatic rings. The van der Waals surface area contributed by atoms with E-state index in [2.05, 4.69) is 43.3 Å². The molecule has 1 aromatic carbocycles. The van der Waals surface area contributed by atoms with E-state index in [4.69, 9.17) is 9.47 Å². The summed E-state index contributed by atoms with van der Waals surface area (Å²) in [6.07, 6.45) is 0. The Morgan fingerprint density at radius 3 is 2.39 bits per heavy atom.